The van der Waals surface area contributed by atoms with Crippen molar-refractivity contribution in [3.63, 3.8) is 0 Å². The minimum Gasteiger partial charge on any atom is -0.490 e. The highest BCUT2D eigenvalue weighted by Gasteiger charge is 2.15. The van der Waals surface area contributed by atoms with Crippen LogP contribution in [0, 0.1) is 20.7 Å². The maximum absolute atomic E-state index is 14.0. The number of anilines is 1. The fraction of sp³-hybridized carbons (Fsp3) is 0.185. The molecule has 3 aromatic rings. The summed E-state index contributed by atoms with van der Waals surface area (Å²) in [4.78, 5) is 12.7. The van der Waals surface area contributed by atoms with E-state index in [1.54, 1.807) is 30.3 Å². The monoisotopic (exact) mass is 570 g/mol. The molecule has 1 amide bonds. The van der Waals surface area contributed by atoms with Crippen molar-refractivity contribution in [3.8, 4) is 17.6 Å². The van der Waals surface area contributed by atoms with E-state index in [-0.39, 0.29) is 18.0 Å². The third-order valence-electron chi connectivity index (χ3n) is 4.96. The first kappa shape index (κ1) is 25.2. The zero-order valence-corrected chi connectivity index (χ0v) is 21.1. The van der Waals surface area contributed by atoms with Gasteiger partial charge in [-0.2, -0.15) is 5.26 Å². The summed E-state index contributed by atoms with van der Waals surface area (Å²) < 4.78 is 26.3. The van der Waals surface area contributed by atoms with Crippen molar-refractivity contribution in [2.45, 2.75) is 26.9 Å². The fourth-order valence-corrected chi connectivity index (χ4v) is 3.96. The van der Waals surface area contributed by atoms with Crippen LogP contribution in [0.3, 0.4) is 0 Å². The lowest BCUT2D eigenvalue weighted by Gasteiger charge is -2.15. The van der Waals surface area contributed by atoms with E-state index in [1.807, 2.05) is 37.3 Å². The number of carbonyl (C=O) groups excluding carboxylic acids is 1. The van der Waals surface area contributed by atoms with Crippen LogP contribution in [0.25, 0.3) is 6.08 Å². The Morgan fingerprint density at radius 2 is 1.85 bits per heavy atom. The second-order valence-corrected chi connectivity index (χ2v) is 8.48. The average Bonchev–Trinajstić information content (AvgIpc) is 2.83. The summed E-state index contributed by atoms with van der Waals surface area (Å²) >= 11 is 2.09. The van der Waals surface area contributed by atoms with E-state index in [4.69, 9.17) is 9.47 Å². The van der Waals surface area contributed by atoms with Gasteiger partial charge in [0.05, 0.1) is 10.2 Å². The summed E-state index contributed by atoms with van der Waals surface area (Å²) in [5.74, 6) is 0.0790. The maximum atomic E-state index is 14.0. The van der Waals surface area contributed by atoms with Gasteiger partial charge in [-0.3, -0.25) is 4.79 Å². The van der Waals surface area contributed by atoms with Gasteiger partial charge in [0.2, 0.25) is 0 Å². The van der Waals surface area contributed by atoms with Gasteiger partial charge < -0.3 is 14.8 Å². The zero-order chi connectivity index (χ0) is 24.5. The second kappa shape index (κ2) is 12.2. The standard InChI is InChI=1S/C27H24FIN2O3/c1-3-18-9-11-22(12-10-18)31-27(32)21(16-30)13-19-14-24(29)26(25(15-19)33-4-2)34-17-20-7-5-6-8-23(20)28/h5-15H,3-4,17H2,1-2H3,(H,31,32)/b21-13+. The van der Waals surface area contributed by atoms with E-state index in [1.165, 1.54) is 12.1 Å². The number of halogens is 2. The van der Waals surface area contributed by atoms with Crippen LogP contribution in [0.4, 0.5) is 10.1 Å². The van der Waals surface area contributed by atoms with E-state index in [9.17, 15) is 14.4 Å². The van der Waals surface area contributed by atoms with Gasteiger partial charge in [0.1, 0.15) is 24.1 Å². The number of aryl methyl sites for hydroxylation is 1. The number of carbonyl (C=O) groups is 1. The molecule has 3 aromatic carbocycles. The molecule has 0 saturated carbocycles. The Kier molecular flexibility index (Phi) is 9.05. The summed E-state index contributed by atoms with van der Waals surface area (Å²) in [6.45, 7) is 4.32. The van der Waals surface area contributed by atoms with Gasteiger partial charge in [0, 0.05) is 11.3 Å². The molecule has 34 heavy (non-hydrogen) atoms. The van der Waals surface area contributed by atoms with Crippen LogP contribution >= 0.6 is 22.6 Å². The topological polar surface area (TPSA) is 71.3 Å². The largest absolute Gasteiger partial charge is 0.490 e. The summed E-state index contributed by atoms with van der Waals surface area (Å²) in [7, 11) is 0. The molecule has 7 heteroatoms. The number of benzene rings is 3. The van der Waals surface area contributed by atoms with E-state index < -0.39 is 5.91 Å². The van der Waals surface area contributed by atoms with Crippen molar-refractivity contribution in [1.29, 1.82) is 5.26 Å². The quantitative estimate of drug-likeness (QED) is 0.181. The predicted octanol–water partition coefficient (Wildman–Crippen LogP) is 6.52. The highest BCUT2D eigenvalue weighted by atomic mass is 127. The van der Waals surface area contributed by atoms with Gasteiger partial charge in [-0.25, -0.2) is 4.39 Å². The van der Waals surface area contributed by atoms with Crippen LogP contribution in [0.15, 0.2) is 66.2 Å². The van der Waals surface area contributed by atoms with E-state index >= 15 is 0 Å². The summed E-state index contributed by atoms with van der Waals surface area (Å²) in [6.07, 6.45) is 2.40. The number of amides is 1. The number of nitrogens with one attached hydrogen (secondary N) is 1. The average molecular weight is 570 g/mol. The third-order valence-corrected chi connectivity index (χ3v) is 5.76. The molecule has 0 atom stereocenters. The van der Waals surface area contributed by atoms with Gasteiger partial charge in [-0.1, -0.05) is 37.3 Å². The number of hydrogen-bond acceptors (Lipinski definition) is 4. The number of rotatable bonds is 9. The Labute approximate surface area is 212 Å². The van der Waals surface area contributed by atoms with E-state index in [2.05, 4.69) is 34.8 Å². The zero-order valence-electron chi connectivity index (χ0n) is 18.9. The van der Waals surface area contributed by atoms with Crippen molar-refractivity contribution in [3.05, 3.63) is 92.3 Å². The van der Waals surface area contributed by atoms with Crippen LogP contribution < -0.4 is 14.8 Å². The molecule has 1 N–H and O–H groups in total. The van der Waals surface area contributed by atoms with Gasteiger partial charge in [-0.15, -0.1) is 0 Å². The first-order chi connectivity index (χ1) is 16.4. The molecule has 174 valence electrons. The van der Waals surface area contributed by atoms with Crippen LogP contribution in [0.1, 0.15) is 30.5 Å². The van der Waals surface area contributed by atoms with Crippen LogP contribution in [0.2, 0.25) is 0 Å². The van der Waals surface area contributed by atoms with Gasteiger partial charge in [0.25, 0.3) is 5.91 Å². The molecule has 0 radical (unpaired) electrons. The molecule has 0 unspecified atom stereocenters. The Hall–Kier alpha value is -3.38. The molecule has 0 spiro atoms. The highest BCUT2D eigenvalue weighted by molar-refractivity contribution is 14.1. The molecule has 0 aliphatic carbocycles. The summed E-state index contributed by atoms with van der Waals surface area (Å²) in [5, 5.41) is 12.3. The van der Waals surface area contributed by atoms with Gasteiger partial charge in [-0.05, 0) is 83.5 Å². The normalized spacial score (nSPS) is 11.0. The van der Waals surface area contributed by atoms with Crippen molar-refractivity contribution in [2.24, 2.45) is 0 Å². The molecule has 0 heterocycles. The van der Waals surface area contributed by atoms with E-state index in [0.717, 1.165) is 12.0 Å². The first-order valence-electron chi connectivity index (χ1n) is 10.8. The SMILES string of the molecule is CCOc1cc(/C=C(\C#N)C(=O)Nc2ccc(CC)cc2)cc(I)c1OCc1ccccc1F. The van der Waals surface area contributed by atoms with Crippen molar-refractivity contribution >= 4 is 40.3 Å². The van der Waals surface area contributed by atoms with Crippen molar-refractivity contribution in [2.75, 3.05) is 11.9 Å². The molecule has 0 aliphatic rings. The molecule has 0 bridgehead atoms. The molecule has 0 fully saturated rings. The van der Waals surface area contributed by atoms with Gasteiger partial charge >= 0.3 is 0 Å². The number of hydrogen-bond donors (Lipinski definition) is 1. The fourth-order valence-electron chi connectivity index (χ4n) is 3.18. The minimum atomic E-state index is -0.500. The number of nitrogens with zero attached hydrogens (tertiary/aromatic N) is 1. The molecular formula is C27H24FIN2O3. The molecule has 3 rings (SSSR count). The maximum Gasteiger partial charge on any atom is 0.266 e. The first-order valence-corrected chi connectivity index (χ1v) is 11.9. The van der Waals surface area contributed by atoms with Crippen LogP contribution in [-0.4, -0.2) is 12.5 Å². The van der Waals surface area contributed by atoms with Crippen LogP contribution in [0.5, 0.6) is 11.5 Å². The van der Waals surface area contributed by atoms with Crippen molar-refractivity contribution < 1.29 is 18.7 Å². The number of nitriles is 1. The lowest BCUT2D eigenvalue weighted by atomic mass is 10.1. The van der Waals surface area contributed by atoms with Crippen molar-refractivity contribution in [1.82, 2.24) is 0 Å². The highest BCUT2D eigenvalue weighted by Crippen LogP contribution is 2.35. The Morgan fingerprint density at radius 3 is 2.50 bits per heavy atom. The molecule has 0 saturated heterocycles. The molecular weight excluding hydrogens is 546 g/mol. The lowest BCUT2D eigenvalue weighted by molar-refractivity contribution is -0.112. The smallest absolute Gasteiger partial charge is 0.266 e. The van der Waals surface area contributed by atoms with E-state index in [0.29, 0.717) is 38.5 Å². The molecule has 0 aliphatic heterocycles. The minimum absolute atomic E-state index is 0.0423. The van der Waals surface area contributed by atoms with Gasteiger partial charge in [0.15, 0.2) is 11.5 Å². The Morgan fingerprint density at radius 1 is 1.12 bits per heavy atom. The predicted molar refractivity (Wildman–Crippen MR) is 139 cm³/mol. The summed E-state index contributed by atoms with van der Waals surface area (Å²) in [5.41, 5.74) is 2.77. The molecule has 5 nitrogen and oxygen atoms in total. The Bertz CT molecular complexity index is 1230. The second-order valence-electron chi connectivity index (χ2n) is 7.32. The Balaban J connectivity index is 1.83. The lowest BCUT2D eigenvalue weighted by Crippen LogP contribution is -2.13. The molecule has 0 aromatic heterocycles. The van der Waals surface area contributed by atoms with Crippen LogP contribution in [-0.2, 0) is 17.8 Å². The summed E-state index contributed by atoms with van der Waals surface area (Å²) in [6, 6.07) is 19.3. The number of ether oxygens (including phenoxy) is 2. The third kappa shape index (κ3) is 6.58.